The first-order valence-corrected chi connectivity index (χ1v) is 7.00. The highest BCUT2D eigenvalue weighted by Crippen LogP contribution is 2.24. The molecule has 0 aliphatic heterocycles. The van der Waals surface area contributed by atoms with E-state index >= 15 is 0 Å². The van der Waals surface area contributed by atoms with Gasteiger partial charge in [0.2, 0.25) is 5.95 Å². The molecule has 0 saturated heterocycles. The molecule has 1 saturated carbocycles. The zero-order valence-corrected chi connectivity index (χ0v) is 11.5. The molecule has 1 aromatic rings. The van der Waals surface area contributed by atoms with Crippen molar-refractivity contribution in [3.05, 3.63) is 18.0 Å². The topological polar surface area (TPSA) is 55.0 Å². The Morgan fingerprint density at radius 2 is 1.94 bits per heavy atom. The first-order chi connectivity index (χ1) is 8.70. The van der Waals surface area contributed by atoms with Crippen LogP contribution in [0.5, 0.6) is 0 Å². The van der Waals surface area contributed by atoms with Crippen molar-refractivity contribution in [1.29, 1.82) is 0 Å². The third kappa shape index (κ3) is 3.19. The second kappa shape index (κ2) is 6.14. The van der Waals surface area contributed by atoms with Crippen molar-refractivity contribution in [2.45, 2.75) is 57.5 Å². The Morgan fingerprint density at radius 1 is 1.33 bits per heavy atom. The van der Waals surface area contributed by atoms with Gasteiger partial charge in [-0.05, 0) is 31.2 Å². The van der Waals surface area contributed by atoms with Gasteiger partial charge in [-0.3, -0.25) is 0 Å². The van der Waals surface area contributed by atoms with E-state index in [1.807, 2.05) is 12.4 Å². The molecule has 0 radical (unpaired) electrons. The van der Waals surface area contributed by atoms with Crippen LogP contribution in [0.3, 0.4) is 0 Å². The summed E-state index contributed by atoms with van der Waals surface area (Å²) in [5.74, 6) is 0.843. The van der Waals surface area contributed by atoms with Gasteiger partial charge in [0.25, 0.3) is 0 Å². The van der Waals surface area contributed by atoms with Gasteiger partial charge in [0, 0.05) is 31.5 Å². The van der Waals surface area contributed by atoms with Crippen LogP contribution in [0.4, 0.5) is 5.95 Å². The van der Waals surface area contributed by atoms with E-state index in [1.54, 1.807) is 0 Å². The van der Waals surface area contributed by atoms with E-state index in [-0.39, 0.29) is 6.04 Å². The maximum absolute atomic E-state index is 5.94. The molecular formula is C14H24N4. The highest BCUT2D eigenvalue weighted by molar-refractivity contribution is 5.30. The predicted octanol–water partition coefficient (Wildman–Crippen LogP) is 2.14. The van der Waals surface area contributed by atoms with Crippen molar-refractivity contribution in [2.24, 2.45) is 5.73 Å². The smallest absolute Gasteiger partial charge is 0.225 e. The SMILES string of the molecule is CCC(N)Cc1cnc(N(C)C2CCCC2)nc1. The monoisotopic (exact) mass is 248 g/mol. The van der Waals surface area contributed by atoms with Gasteiger partial charge in [-0.15, -0.1) is 0 Å². The molecule has 1 aliphatic rings. The van der Waals surface area contributed by atoms with Crippen molar-refractivity contribution < 1.29 is 0 Å². The van der Waals surface area contributed by atoms with Gasteiger partial charge in [0.1, 0.15) is 0 Å². The summed E-state index contributed by atoms with van der Waals surface area (Å²) in [5.41, 5.74) is 7.07. The third-order valence-electron chi connectivity index (χ3n) is 3.90. The van der Waals surface area contributed by atoms with Crippen molar-refractivity contribution in [1.82, 2.24) is 9.97 Å². The van der Waals surface area contributed by atoms with E-state index in [2.05, 4.69) is 28.8 Å². The minimum Gasteiger partial charge on any atom is -0.341 e. The Morgan fingerprint density at radius 3 is 2.50 bits per heavy atom. The molecular weight excluding hydrogens is 224 g/mol. The molecule has 1 fully saturated rings. The Bertz CT molecular complexity index is 357. The lowest BCUT2D eigenvalue weighted by Gasteiger charge is -2.24. The fraction of sp³-hybridized carbons (Fsp3) is 0.714. The Hall–Kier alpha value is -1.16. The molecule has 1 atom stereocenters. The molecule has 0 amide bonds. The molecule has 2 rings (SSSR count). The number of rotatable bonds is 5. The first kappa shape index (κ1) is 13.3. The quantitative estimate of drug-likeness (QED) is 0.867. The van der Waals surface area contributed by atoms with Gasteiger partial charge in [0.15, 0.2) is 0 Å². The number of anilines is 1. The molecule has 4 heteroatoms. The summed E-state index contributed by atoms with van der Waals surface area (Å²) in [6.45, 7) is 2.10. The van der Waals surface area contributed by atoms with E-state index < -0.39 is 0 Å². The van der Waals surface area contributed by atoms with Gasteiger partial charge in [-0.2, -0.15) is 0 Å². The molecule has 1 aliphatic carbocycles. The zero-order chi connectivity index (χ0) is 13.0. The van der Waals surface area contributed by atoms with Crippen LogP contribution >= 0.6 is 0 Å². The summed E-state index contributed by atoms with van der Waals surface area (Å²) in [5, 5.41) is 0. The van der Waals surface area contributed by atoms with E-state index in [0.717, 1.165) is 24.4 Å². The van der Waals surface area contributed by atoms with Crippen LogP contribution < -0.4 is 10.6 Å². The van der Waals surface area contributed by atoms with Gasteiger partial charge in [0.05, 0.1) is 0 Å². The Labute approximate surface area is 110 Å². The minimum absolute atomic E-state index is 0.215. The average molecular weight is 248 g/mol. The molecule has 1 heterocycles. The van der Waals surface area contributed by atoms with Crippen LogP contribution in [0.2, 0.25) is 0 Å². The summed E-state index contributed by atoms with van der Waals surface area (Å²) >= 11 is 0. The average Bonchev–Trinajstić information content (AvgIpc) is 2.92. The lowest BCUT2D eigenvalue weighted by molar-refractivity contribution is 0.630. The highest BCUT2D eigenvalue weighted by Gasteiger charge is 2.21. The summed E-state index contributed by atoms with van der Waals surface area (Å²) < 4.78 is 0. The third-order valence-corrected chi connectivity index (χ3v) is 3.90. The lowest BCUT2D eigenvalue weighted by Crippen LogP contribution is -2.30. The minimum atomic E-state index is 0.215. The van der Waals surface area contributed by atoms with Crippen LogP contribution in [0, 0.1) is 0 Å². The number of aromatic nitrogens is 2. The maximum Gasteiger partial charge on any atom is 0.225 e. The van der Waals surface area contributed by atoms with Gasteiger partial charge in [-0.1, -0.05) is 19.8 Å². The van der Waals surface area contributed by atoms with Gasteiger partial charge in [-0.25, -0.2) is 9.97 Å². The molecule has 4 nitrogen and oxygen atoms in total. The Balaban J connectivity index is 1.98. The summed E-state index contributed by atoms with van der Waals surface area (Å²) in [6, 6.07) is 0.834. The summed E-state index contributed by atoms with van der Waals surface area (Å²) in [6.07, 6.45) is 10.9. The van der Waals surface area contributed by atoms with E-state index in [0.29, 0.717) is 6.04 Å². The van der Waals surface area contributed by atoms with Crippen LogP contribution in [-0.2, 0) is 6.42 Å². The number of nitrogens with two attached hydrogens (primary N) is 1. The predicted molar refractivity (Wildman–Crippen MR) is 74.7 cm³/mol. The van der Waals surface area contributed by atoms with Crippen LogP contribution in [0.15, 0.2) is 12.4 Å². The standard InChI is InChI=1S/C14H24N4/c1-3-12(15)8-11-9-16-14(17-10-11)18(2)13-6-4-5-7-13/h9-10,12-13H,3-8,15H2,1-2H3. The van der Waals surface area contributed by atoms with E-state index in [4.69, 9.17) is 5.73 Å². The molecule has 2 N–H and O–H groups in total. The largest absolute Gasteiger partial charge is 0.341 e. The van der Waals surface area contributed by atoms with E-state index in [9.17, 15) is 0 Å². The second-order valence-electron chi connectivity index (χ2n) is 5.31. The molecule has 100 valence electrons. The van der Waals surface area contributed by atoms with Crippen LogP contribution in [0.25, 0.3) is 0 Å². The van der Waals surface area contributed by atoms with Crippen molar-refractivity contribution in [2.75, 3.05) is 11.9 Å². The van der Waals surface area contributed by atoms with E-state index in [1.165, 1.54) is 25.7 Å². The highest BCUT2D eigenvalue weighted by atomic mass is 15.2. The summed E-state index contributed by atoms with van der Waals surface area (Å²) in [4.78, 5) is 11.2. The molecule has 18 heavy (non-hydrogen) atoms. The normalized spacial score (nSPS) is 17.9. The number of hydrogen-bond donors (Lipinski definition) is 1. The van der Waals surface area contributed by atoms with Crippen molar-refractivity contribution in [3.63, 3.8) is 0 Å². The molecule has 0 aromatic carbocycles. The molecule has 0 bridgehead atoms. The molecule has 0 spiro atoms. The molecule has 1 unspecified atom stereocenters. The molecule has 1 aromatic heterocycles. The maximum atomic E-state index is 5.94. The number of hydrogen-bond acceptors (Lipinski definition) is 4. The second-order valence-corrected chi connectivity index (χ2v) is 5.31. The van der Waals surface area contributed by atoms with Gasteiger partial charge < -0.3 is 10.6 Å². The van der Waals surface area contributed by atoms with Crippen molar-refractivity contribution in [3.8, 4) is 0 Å². The zero-order valence-electron chi connectivity index (χ0n) is 11.5. The van der Waals surface area contributed by atoms with Gasteiger partial charge >= 0.3 is 0 Å². The fourth-order valence-corrected chi connectivity index (χ4v) is 2.54. The number of nitrogens with zero attached hydrogens (tertiary/aromatic N) is 3. The summed E-state index contributed by atoms with van der Waals surface area (Å²) in [7, 11) is 2.10. The van der Waals surface area contributed by atoms with Crippen molar-refractivity contribution >= 4 is 5.95 Å². The lowest BCUT2D eigenvalue weighted by atomic mass is 10.1. The van der Waals surface area contributed by atoms with Crippen LogP contribution in [-0.4, -0.2) is 29.1 Å². The van der Waals surface area contributed by atoms with Crippen LogP contribution in [0.1, 0.15) is 44.6 Å². The first-order valence-electron chi connectivity index (χ1n) is 7.00. The fourth-order valence-electron chi connectivity index (χ4n) is 2.54. The Kier molecular flexibility index (Phi) is 4.53.